The summed E-state index contributed by atoms with van der Waals surface area (Å²) in [5.74, 6) is -0.977. The minimum atomic E-state index is -0.977. The predicted molar refractivity (Wildman–Crippen MR) is 70.0 cm³/mol. The van der Waals surface area contributed by atoms with Gasteiger partial charge in [-0.15, -0.1) is 11.3 Å². The number of thiazole rings is 1. The molecule has 19 heavy (non-hydrogen) atoms. The second-order valence-corrected chi connectivity index (χ2v) is 4.64. The summed E-state index contributed by atoms with van der Waals surface area (Å²) in [4.78, 5) is 19.5. The van der Waals surface area contributed by atoms with Crippen LogP contribution in [-0.4, -0.2) is 21.0 Å². The summed E-state index contributed by atoms with van der Waals surface area (Å²) < 4.78 is 5.01. The molecule has 0 atom stereocenters. The lowest BCUT2D eigenvalue weighted by Gasteiger charge is -1.97. The highest BCUT2D eigenvalue weighted by molar-refractivity contribution is 7.13. The standard InChI is InChI=1S/C13H8N2O3S/c16-13(17)8-1-3-14-10(5-8)12-15-11(7-19-12)9-2-4-18-6-9/h1-7H,(H,16,17). The number of hydrogen-bond donors (Lipinski definition) is 1. The van der Waals surface area contributed by atoms with E-state index in [1.807, 2.05) is 11.4 Å². The van der Waals surface area contributed by atoms with Gasteiger partial charge in [0.25, 0.3) is 0 Å². The fourth-order valence-electron chi connectivity index (χ4n) is 1.61. The maximum Gasteiger partial charge on any atom is 0.335 e. The van der Waals surface area contributed by atoms with Crippen molar-refractivity contribution in [3.63, 3.8) is 0 Å². The number of rotatable bonds is 3. The number of carboxylic acid groups (broad SMARTS) is 1. The summed E-state index contributed by atoms with van der Waals surface area (Å²) in [7, 11) is 0. The molecule has 1 N–H and O–H groups in total. The van der Waals surface area contributed by atoms with Crippen LogP contribution in [0.3, 0.4) is 0 Å². The average molecular weight is 272 g/mol. The van der Waals surface area contributed by atoms with Crippen molar-refractivity contribution in [3.05, 3.63) is 47.9 Å². The third-order valence-electron chi connectivity index (χ3n) is 2.55. The van der Waals surface area contributed by atoms with Crippen LogP contribution in [0, 0.1) is 0 Å². The first-order valence-electron chi connectivity index (χ1n) is 5.42. The van der Waals surface area contributed by atoms with Crippen LogP contribution in [0.4, 0.5) is 0 Å². The Kier molecular flexibility index (Phi) is 2.85. The first-order chi connectivity index (χ1) is 9.24. The number of carboxylic acids is 1. The summed E-state index contributed by atoms with van der Waals surface area (Å²) in [5, 5.41) is 11.5. The summed E-state index contributed by atoms with van der Waals surface area (Å²) in [6.45, 7) is 0. The third kappa shape index (κ3) is 2.25. The first kappa shape index (κ1) is 11.6. The van der Waals surface area contributed by atoms with Crippen molar-refractivity contribution in [2.75, 3.05) is 0 Å². The van der Waals surface area contributed by atoms with Gasteiger partial charge in [0.2, 0.25) is 0 Å². The lowest BCUT2D eigenvalue weighted by Crippen LogP contribution is -1.97. The summed E-state index contributed by atoms with van der Waals surface area (Å²) in [5.41, 5.74) is 2.43. The van der Waals surface area contributed by atoms with E-state index in [0.29, 0.717) is 10.7 Å². The van der Waals surface area contributed by atoms with Crippen LogP contribution in [-0.2, 0) is 0 Å². The molecule has 94 valence electrons. The lowest BCUT2D eigenvalue weighted by molar-refractivity contribution is 0.0697. The van der Waals surface area contributed by atoms with E-state index in [1.165, 1.54) is 29.7 Å². The molecule has 3 aromatic rings. The molecule has 0 saturated heterocycles. The zero-order valence-corrected chi connectivity index (χ0v) is 10.4. The van der Waals surface area contributed by atoms with E-state index in [9.17, 15) is 4.79 Å². The topological polar surface area (TPSA) is 76.2 Å². The Bertz CT molecular complexity index is 719. The van der Waals surface area contributed by atoms with E-state index in [2.05, 4.69) is 9.97 Å². The van der Waals surface area contributed by atoms with E-state index in [4.69, 9.17) is 9.52 Å². The Morgan fingerprint density at radius 3 is 2.95 bits per heavy atom. The molecule has 0 amide bonds. The number of furan rings is 1. The van der Waals surface area contributed by atoms with E-state index >= 15 is 0 Å². The Morgan fingerprint density at radius 2 is 2.21 bits per heavy atom. The molecule has 0 fully saturated rings. The number of hydrogen-bond acceptors (Lipinski definition) is 5. The van der Waals surface area contributed by atoms with Crippen molar-refractivity contribution in [3.8, 4) is 22.0 Å². The highest BCUT2D eigenvalue weighted by Gasteiger charge is 2.11. The number of pyridine rings is 1. The van der Waals surface area contributed by atoms with Gasteiger partial charge < -0.3 is 9.52 Å². The van der Waals surface area contributed by atoms with Gasteiger partial charge in [-0.3, -0.25) is 4.98 Å². The van der Waals surface area contributed by atoms with E-state index < -0.39 is 5.97 Å². The lowest BCUT2D eigenvalue weighted by atomic mass is 10.2. The van der Waals surface area contributed by atoms with Crippen molar-refractivity contribution >= 4 is 17.3 Å². The second-order valence-electron chi connectivity index (χ2n) is 3.78. The zero-order valence-electron chi connectivity index (χ0n) is 9.61. The van der Waals surface area contributed by atoms with Crippen LogP contribution in [0.5, 0.6) is 0 Å². The van der Waals surface area contributed by atoms with Gasteiger partial charge in [-0.25, -0.2) is 9.78 Å². The average Bonchev–Trinajstić information content (AvgIpc) is 3.09. The number of nitrogens with zero attached hydrogens (tertiary/aromatic N) is 2. The minimum Gasteiger partial charge on any atom is -0.478 e. The zero-order chi connectivity index (χ0) is 13.2. The molecule has 5 nitrogen and oxygen atoms in total. The van der Waals surface area contributed by atoms with Crippen LogP contribution < -0.4 is 0 Å². The van der Waals surface area contributed by atoms with Gasteiger partial charge in [0, 0.05) is 17.1 Å². The molecule has 0 radical (unpaired) electrons. The molecule has 0 aliphatic carbocycles. The Balaban J connectivity index is 1.99. The van der Waals surface area contributed by atoms with Crippen molar-refractivity contribution < 1.29 is 14.3 Å². The maximum absolute atomic E-state index is 10.9. The normalized spacial score (nSPS) is 10.5. The molecule has 0 aliphatic heterocycles. The van der Waals surface area contributed by atoms with Crippen molar-refractivity contribution in [1.82, 2.24) is 9.97 Å². The Labute approximate surface area is 112 Å². The Morgan fingerprint density at radius 1 is 1.32 bits per heavy atom. The molecule has 0 unspecified atom stereocenters. The molecule has 0 spiro atoms. The van der Waals surface area contributed by atoms with Crippen LogP contribution >= 0.6 is 11.3 Å². The second kappa shape index (κ2) is 4.66. The first-order valence-corrected chi connectivity index (χ1v) is 6.30. The number of carbonyl (C=O) groups is 1. The molecule has 3 rings (SSSR count). The molecular formula is C13H8N2O3S. The van der Waals surface area contributed by atoms with E-state index in [-0.39, 0.29) is 5.56 Å². The van der Waals surface area contributed by atoms with Crippen LogP contribution in [0.1, 0.15) is 10.4 Å². The molecule has 0 bridgehead atoms. The fraction of sp³-hybridized carbons (Fsp3) is 0. The van der Waals surface area contributed by atoms with Gasteiger partial charge in [-0.05, 0) is 18.2 Å². The summed E-state index contributed by atoms with van der Waals surface area (Å²) in [6, 6.07) is 4.79. The van der Waals surface area contributed by atoms with Crippen molar-refractivity contribution in [2.24, 2.45) is 0 Å². The quantitative estimate of drug-likeness (QED) is 0.792. The summed E-state index contributed by atoms with van der Waals surface area (Å²) >= 11 is 1.41. The van der Waals surface area contributed by atoms with Crippen LogP contribution in [0.25, 0.3) is 22.0 Å². The monoisotopic (exact) mass is 272 g/mol. The molecule has 0 aromatic carbocycles. The van der Waals surface area contributed by atoms with E-state index in [0.717, 1.165) is 11.3 Å². The van der Waals surface area contributed by atoms with Crippen LogP contribution in [0.15, 0.2) is 46.7 Å². The third-order valence-corrected chi connectivity index (χ3v) is 3.41. The highest BCUT2D eigenvalue weighted by Crippen LogP contribution is 2.28. The molecule has 0 aliphatic rings. The molecule has 6 heteroatoms. The Hall–Kier alpha value is -2.47. The highest BCUT2D eigenvalue weighted by atomic mass is 32.1. The minimum absolute atomic E-state index is 0.199. The molecule has 3 aromatic heterocycles. The van der Waals surface area contributed by atoms with Crippen molar-refractivity contribution in [2.45, 2.75) is 0 Å². The van der Waals surface area contributed by atoms with Gasteiger partial charge in [0.05, 0.1) is 29.5 Å². The number of aromatic carboxylic acids is 1. The predicted octanol–water partition coefficient (Wildman–Crippen LogP) is 3.16. The van der Waals surface area contributed by atoms with E-state index in [1.54, 1.807) is 12.5 Å². The van der Waals surface area contributed by atoms with Gasteiger partial charge in [-0.2, -0.15) is 0 Å². The number of aromatic nitrogens is 2. The fourth-order valence-corrected chi connectivity index (χ4v) is 2.41. The van der Waals surface area contributed by atoms with Gasteiger partial charge in [-0.1, -0.05) is 0 Å². The molecule has 0 saturated carbocycles. The largest absolute Gasteiger partial charge is 0.478 e. The molecular weight excluding hydrogens is 264 g/mol. The van der Waals surface area contributed by atoms with Gasteiger partial charge in [0.1, 0.15) is 5.01 Å². The molecule has 3 heterocycles. The summed E-state index contributed by atoms with van der Waals surface area (Å²) in [6.07, 6.45) is 4.66. The maximum atomic E-state index is 10.9. The van der Waals surface area contributed by atoms with Gasteiger partial charge in [0.15, 0.2) is 0 Å². The van der Waals surface area contributed by atoms with Crippen LogP contribution in [0.2, 0.25) is 0 Å². The smallest absolute Gasteiger partial charge is 0.335 e. The SMILES string of the molecule is O=C(O)c1ccnc(-c2nc(-c3ccoc3)cs2)c1. The van der Waals surface area contributed by atoms with Crippen molar-refractivity contribution in [1.29, 1.82) is 0 Å². The van der Waals surface area contributed by atoms with Gasteiger partial charge >= 0.3 is 5.97 Å².